The summed E-state index contributed by atoms with van der Waals surface area (Å²) in [7, 11) is 6.27. The maximum Gasteiger partial charge on any atom is 0.292 e. The van der Waals surface area contributed by atoms with Crippen LogP contribution in [0.25, 0.3) is 11.1 Å². The summed E-state index contributed by atoms with van der Waals surface area (Å²) in [6.07, 6.45) is 0.643. The molecule has 3 rings (SSSR count). The van der Waals surface area contributed by atoms with E-state index in [1.807, 2.05) is 71.0 Å². The Balaban J connectivity index is 0.00000153. The van der Waals surface area contributed by atoms with Gasteiger partial charge >= 0.3 is 0 Å². The van der Waals surface area contributed by atoms with Gasteiger partial charge in [0.2, 0.25) is 11.8 Å². The Morgan fingerprint density at radius 1 is 0.842 bits per heavy atom. The SMILES string of the molecule is CC.CC.CNC1C(=O)N[C@@H](C)C(=O)NC(C)Cc2ccc(OC)c(c2)-c2cc1ccc2OC.COC=O. The topological polar surface area (TPSA) is 115 Å². The van der Waals surface area contributed by atoms with Gasteiger partial charge in [0.1, 0.15) is 23.6 Å². The highest BCUT2D eigenvalue weighted by molar-refractivity contribution is 5.90. The van der Waals surface area contributed by atoms with E-state index in [9.17, 15) is 9.59 Å². The second-order valence-corrected chi connectivity index (χ2v) is 7.89. The minimum atomic E-state index is -0.650. The number of carbonyl (C=O) groups is 3. The van der Waals surface area contributed by atoms with Crippen LogP contribution in [0.2, 0.25) is 0 Å². The first kappa shape index (κ1) is 34.4. The molecule has 2 unspecified atom stereocenters. The third-order valence-corrected chi connectivity index (χ3v) is 5.44. The van der Waals surface area contributed by atoms with E-state index in [-0.39, 0.29) is 17.9 Å². The highest BCUT2D eigenvalue weighted by Gasteiger charge is 2.26. The predicted octanol–water partition coefficient (Wildman–Crippen LogP) is 4.04. The van der Waals surface area contributed by atoms with Crippen LogP contribution in [0.15, 0.2) is 36.4 Å². The number of nitrogens with one attached hydrogen (secondary N) is 3. The van der Waals surface area contributed by atoms with E-state index in [4.69, 9.17) is 14.3 Å². The van der Waals surface area contributed by atoms with E-state index in [0.717, 1.165) is 22.3 Å². The number of fused-ring (bicyclic) bond motifs is 5. The minimum absolute atomic E-state index is 0.102. The van der Waals surface area contributed by atoms with E-state index in [0.29, 0.717) is 24.4 Å². The minimum Gasteiger partial charge on any atom is -0.496 e. The Morgan fingerprint density at radius 2 is 1.37 bits per heavy atom. The van der Waals surface area contributed by atoms with Crippen LogP contribution in [-0.2, 0) is 25.5 Å². The first-order valence-electron chi connectivity index (χ1n) is 12.9. The van der Waals surface area contributed by atoms with Crippen molar-refractivity contribution in [3.05, 3.63) is 47.5 Å². The van der Waals surface area contributed by atoms with Crippen molar-refractivity contribution < 1.29 is 28.6 Å². The zero-order valence-electron chi connectivity index (χ0n) is 24.4. The van der Waals surface area contributed by atoms with Crippen molar-refractivity contribution in [2.24, 2.45) is 0 Å². The largest absolute Gasteiger partial charge is 0.496 e. The Kier molecular flexibility index (Phi) is 16.9. The molecule has 2 amide bonds. The lowest BCUT2D eigenvalue weighted by Gasteiger charge is -2.24. The summed E-state index contributed by atoms with van der Waals surface area (Å²) in [4.78, 5) is 34.4. The van der Waals surface area contributed by atoms with Gasteiger partial charge in [0.25, 0.3) is 6.47 Å². The number of likely N-dealkylation sites (N-methyl/N-ethyl adjacent to an activating group) is 1. The first-order valence-corrected chi connectivity index (χ1v) is 12.9. The summed E-state index contributed by atoms with van der Waals surface area (Å²) in [6, 6.07) is 10.2. The van der Waals surface area contributed by atoms with Crippen LogP contribution >= 0.6 is 0 Å². The van der Waals surface area contributed by atoms with Crippen molar-refractivity contribution in [3.63, 3.8) is 0 Å². The highest BCUT2D eigenvalue weighted by atomic mass is 16.5. The normalized spacial score (nSPS) is 18.1. The van der Waals surface area contributed by atoms with Gasteiger partial charge in [-0.25, -0.2) is 0 Å². The molecule has 0 saturated heterocycles. The summed E-state index contributed by atoms with van der Waals surface area (Å²) in [5.74, 6) is 0.900. The van der Waals surface area contributed by atoms with E-state index in [2.05, 4.69) is 20.7 Å². The predicted molar refractivity (Wildman–Crippen MR) is 151 cm³/mol. The lowest BCUT2D eigenvalue weighted by Crippen LogP contribution is -2.50. The van der Waals surface area contributed by atoms with Crippen LogP contribution in [0.4, 0.5) is 0 Å². The van der Waals surface area contributed by atoms with Gasteiger partial charge in [-0.2, -0.15) is 0 Å². The fourth-order valence-electron chi connectivity index (χ4n) is 3.79. The molecule has 1 aliphatic heterocycles. The lowest BCUT2D eigenvalue weighted by molar-refractivity contribution is -0.130. The number of ether oxygens (including phenoxy) is 3. The molecule has 0 saturated carbocycles. The molecule has 1 heterocycles. The Labute approximate surface area is 227 Å². The fraction of sp³-hybridized carbons (Fsp3) is 0.483. The molecule has 9 heteroatoms. The van der Waals surface area contributed by atoms with Crippen LogP contribution in [0.3, 0.4) is 0 Å². The quantitative estimate of drug-likeness (QED) is 0.510. The fourth-order valence-corrected chi connectivity index (χ4v) is 3.79. The molecular weight excluding hydrogens is 486 g/mol. The van der Waals surface area contributed by atoms with Gasteiger partial charge in [-0.1, -0.05) is 39.8 Å². The molecule has 0 radical (unpaired) electrons. The van der Waals surface area contributed by atoms with Crippen molar-refractivity contribution in [1.82, 2.24) is 16.0 Å². The maximum absolute atomic E-state index is 12.9. The van der Waals surface area contributed by atoms with Crippen LogP contribution in [0.5, 0.6) is 11.5 Å². The van der Waals surface area contributed by atoms with Gasteiger partial charge < -0.3 is 30.2 Å². The molecule has 0 spiro atoms. The van der Waals surface area contributed by atoms with E-state index in [1.54, 1.807) is 28.2 Å². The van der Waals surface area contributed by atoms with Crippen molar-refractivity contribution in [1.29, 1.82) is 0 Å². The molecule has 38 heavy (non-hydrogen) atoms. The van der Waals surface area contributed by atoms with Crippen molar-refractivity contribution in [3.8, 4) is 22.6 Å². The molecule has 3 N–H and O–H groups in total. The molecular formula is C29H45N3O6. The Bertz CT molecular complexity index is 1010. The van der Waals surface area contributed by atoms with Gasteiger partial charge in [-0.15, -0.1) is 0 Å². The summed E-state index contributed by atoms with van der Waals surface area (Å²) in [5, 5.41) is 8.82. The molecule has 2 aromatic rings. The van der Waals surface area contributed by atoms with Crippen LogP contribution in [0, 0.1) is 0 Å². The molecule has 9 nitrogen and oxygen atoms in total. The first-order chi connectivity index (χ1) is 18.3. The number of hydrogen-bond donors (Lipinski definition) is 3. The third kappa shape index (κ3) is 9.70. The molecule has 0 fully saturated rings. The number of hydrogen-bond acceptors (Lipinski definition) is 7. The molecule has 4 bridgehead atoms. The third-order valence-electron chi connectivity index (χ3n) is 5.44. The lowest BCUT2D eigenvalue weighted by atomic mass is 9.94. The molecule has 3 atom stereocenters. The maximum atomic E-state index is 12.9. The zero-order chi connectivity index (χ0) is 29.3. The van der Waals surface area contributed by atoms with Crippen molar-refractivity contribution in [2.75, 3.05) is 28.4 Å². The average molecular weight is 532 g/mol. The van der Waals surface area contributed by atoms with E-state index in [1.165, 1.54) is 7.11 Å². The van der Waals surface area contributed by atoms with Crippen LogP contribution in [0.1, 0.15) is 58.7 Å². The number of carbonyl (C=O) groups excluding carboxylic acids is 3. The van der Waals surface area contributed by atoms with Crippen molar-refractivity contribution in [2.45, 2.75) is 66.1 Å². The molecule has 0 aromatic heterocycles. The summed E-state index contributed by atoms with van der Waals surface area (Å²) < 4.78 is 15.1. The molecule has 0 aliphatic carbocycles. The molecule has 212 valence electrons. The van der Waals surface area contributed by atoms with E-state index < -0.39 is 12.1 Å². The monoisotopic (exact) mass is 531 g/mol. The summed E-state index contributed by atoms with van der Waals surface area (Å²) >= 11 is 0. The molecule has 2 aromatic carbocycles. The average Bonchev–Trinajstić information content (AvgIpc) is 2.95. The second-order valence-electron chi connectivity index (χ2n) is 7.89. The standard InChI is InChI=1S/C23H29N3O4.C2H4O2.2C2H6/c1-13-10-15-6-8-19(29-4)17(11-15)18-12-16(7-9-20(18)30-5)21(24-3)23(28)26-14(2)22(27)25-13;1-4-2-3;2*1-2/h6-9,11-14,21,24H,10H2,1-5H3,(H,25,27)(H,26,28);2H,1H3;2*1-2H3/t13?,14-,21?;;;/m0.../s1. The van der Waals surface area contributed by atoms with Gasteiger partial charge in [-0.3, -0.25) is 14.4 Å². The number of rotatable bonds is 4. The van der Waals surface area contributed by atoms with Crippen LogP contribution < -0.4 is 25.4 Å². The van der Waals surface area contributed by atoms with Gasteiger partial charge in [-0.05, 0) is 62.7 Å². The highest BCUT2D eigenvalue weighted by Crippen LogP contribution is 2.39. The summed E-state index contributed by atoms with van der Waals surface area (Å²) in [6.45, 7) is 12.0. The van der Waals surface area contributed by atoms with Gasteiger partial charge in [0, 0.05) is 17.2 Å². The van der Waals surface area contributed by atoms with Crippen LogP contribution in [-0.4, -0.2) is 58.7 Å². The number of amides is 2. The zero-order valence-corrected chi connectivity index (χ0v) is 24.4. The second kappa shape index (κ2) is 18.6. The van der Waals surface area contributed by atoms with Crippen molar-refractivity contribution >= 4 is 18.3 Å². The Morgan fingerprint density at radius 3 is 1.87 bits per heavy atom. The van der Waals surface area contributed by atoms with Gasteiger partial charge in [0.05, 0.1) is 21.3 Å². The summed E-state index contributed by atoms with van der Waals surface area (Å²) in [5.41, 5.74) is 3.53. The number of benzene rings is 2. The Hall–Kier alpha value is -3.59. The number of methoxy groups -OCH3 is 3. The van der Waals surface area contributed by atoms with Gasteiger partial charge in [0.15, 0.2) is 0 Å². The van der Waals surface area contributed by atoms with E-state index >= 15 is 0 Å². The smallest absolute Gasteiger partial charge is 0.292 e. The molecule has 1 aliphatic rings.